The molecule has 1 heterocycles. The Kier molecular flexibility index (Phi) is 4.56. The maximum atomic E-state index is 11.8. The molecule has 0 atom stereocenters. The fraction of sp³-hybridized carbons (Fsp3) is 0. The summed E-state index contributed by atoms with van der Waals surface area (Å²) >= 11 is 11.6. The molecule has 0 bridgehead atoms. The second-order valence-electron chi connectivity index (χ2n) is 3.87. The Bertz CT molecular complexity index is 691. The van der Waals surface area contributed by atoms with Crippen LogP contribution >= 0.6 is 23.2 Å². The number of nitro groups is 1. The van der Waals surface area contributed by atoms with Crippen LogP contribution < -0.4 is 10.6 Å². The summed E-state index contributed by atoms with van der Waals surface area (Å²) in [6, 6.07) is 6.24. The number of urea groups is 1. The van der Waals surface area contributed by atoms with Crippen molar-refractivity contribution < 1.29 is 9.72 Å². The summed E-state index contributed by atoms with van der Waals surface area (Å²) < 4.78 is 0. The van der Waals surface area contributed by atoms with E-state index in [0.717, 1.165) is 0 Å². The van der Waals surface area contributed by atoms with Crippen LogP contribution in [0.15, 0.2) is 36.5 Å². The number of rotatable bonds is 3. The van der Waals surface area contributed by atoms with E-state index in [-0.39, 0.29) is 16.5 Å². The Morgan fingerprint density at radius 3 is 2.43 bits per heavy atom. The van der Waals surface area contributed by atoms with Gasteiger partial charge >= 0.3 is 6.03 Å². The zero-order valence-electron chi connectivity index (χ0n) is 10.3. The van der Waals surface area contributed by atoms with Crippen LogP contribution in [0.2, 0.25) is 10.0 Å². The van der Waals surface area contributed by atoms with Crippen molar-refractivity contribution in [2.75, 3.05) is 10.6 Å². The summed E-state index contributed by atoms with van der Waals surface area (Å²) in [7, 11) is 0. The van der Waals surface area contributed by atoms with E-state index in [9.17, 15) is 14.9 Å². The van der Waals surface area contributed by atoms with Crippen molar-refractivity contribution in [3.05, 3.63) is 56.7 Å². The molecule has 2 N–H and O–H groups in total. The monoisotopic (exact) mass is 326 g/mol. The predicted molar refractivity (Wildman–Crippen MR) is 80.0 cm³/mol. The molecule has 0 saturated heterocycles. The first-order chi connectivity index (χ1) is 9.95. The summed E-state index contributed by atoms with van der Waals surface area (Å²) in [6.45, 7) is 0. The molecule has 0 radical (unpaired) electrons. The van der Waals surface area contributed by atoms with Gasteiger partial charge in [0.25, 0.3) is 5.69 Å². The first-order valence-corrected chi connectivity index (χ1v) is 6.35. The molecule has 0 fully saturated rings. The summed E-state index contributed by atoms with van der Waals surface area (Å²) in [5, 5.41) is 16.0. The van der Waals surface area contributed by atoms with E-state index < -0.39 is 11.0 Å². The van der Waals surface area contributed by atoms with Crippen LogP contribution in [0.5, 0.6) is 0 Å². The number of hydrogen-bond acceptors (Lipinski definition) is 4. The fourth-order valence-corrected chi connectivity index (χ4v) is 1.87. The van der Waals surface area contributed by atoms with Crippen molar-refractivity contribution in [3.63, 3.8) is 0 Å². The van der Waals surface area contributed by atoms with Gasteiger partial charge in [0.1, 0.15) is 0 Å². The lowest BCUT2D eigenvalue weighted by atomic mass is 10.3. The van der Waals surface area contributed by atoms with Crippen molar-refractivity contribution in [1.29, 1.82) is 0 Å². The van der Waals surface area contributed by atoms with Gasteiger partial charge in [0.05, 0.1) is 15.0 Å². The molecule has 2 aromatic rings. The molecule has 0 unspecified atom stereocenters. The number of nitro benzene ring substituents is 1. The topological polar surface area (TPSA) is 97.2 Å². The van der Waals surface area contributed by atoms with Crippen molar-refractivity contribution in [2.24, 2.45) is 0 Å². The number of non-ortho nitro benzene ring substituents is 1. The lowest BCUT2D eigenvalue weighted by molar-refractivity contribution is -0.384. The highest BCUT2D eigenvalue weighted by atomic mass is 35.5. The minimum absolute atomic E-state index is 0.0663. The molecule has 0 aliphatic carbocycles. The van der Waals surface area contributed by atoms with E-state index in [2.05, 4.69) is 15.6 Å². The van der Waals surface area contributed by atoms with Gasteiger partial charge in [-0.3, -0.25) is 15.4 Å². The number of aromatic nitrogens is 1. The van der Waals surface area contributed by atoms with E-state index in [1.165, 1.54) is 36.5 Å². The molecular weight excluding hydrogens is 319 g/mol. The number of carbonyl (C=O) groups excluding carboxylic acids is 1. The average molecular weight is 327 g/mol. The lowest BCUT2D eigenvalue weighted by Gasteiger charge is -2.08. The largest absolute Gasteiger partial charge is 0.324 e. The summed E-state index contributed by atoms with van der Waals surface area (Å²) in [4.78, 5) is 25.6. The van der Waals surface area contributed by atoms with Gasteiger partial charge in [-0.25, -0.2) is 9.78 Å². The fourth-order valence-electron chi connectivity index (χ4n) is 1.44. The highest BCUT2D eigenvalue weighted by Crippen LogP contribution is 2.22. The van der Waals surface area contributed by atoms with Crippen LogP contribution in [0, 0.1) is 10.1 Å². The van der Waals surface area contributed by atoms with Crippen LogP contribution in [0.1, 0.15) is 0 Å². The number of benzene rings is 1. The maximum absolute atomic E-state index is 11.8. The zero-order chi connectivity index (χ0) is 15.4. The van der Waals surface area contributed by atoms with Crippen LogP contribution in [-0.2, 0) is 0 Å². The van der Waals surface area contributed by atoms with Gasteiger partial charge in [0.15, 0.2) is 5.82 Å². The van der Waals surface area contributed by atoms with Crippen molar-refractivity contribution in [3.8, 4) is 0 Å². The molecule has 2 rings (SSSR count). The molecule has 9 heteroatoms. The Labute approximate surface area is 129 Å². The van der Waals surface area contributed by atoms with Crippen molar-refractivity contribution >= 4 is 46.4 Å². The quantitative estimate of drug-likeness (QED) is 0.659. The van der Waals surface area contributed by atoms with Crippen LogP contribution in [-0.4, -0.2) is 15.9 Å². The Hall–Kier alpha value is -2.38. The predicted octanol–water partition coefficient (Wildman–Crippen LogP) is 3.94. The molecule has 0 aliphatic heterocycles. The number of halogens is 2. The third-order valence-electron chi connectivity index (χ3n) is 2.38. The number of amides is 2. The molecule has 2 amide bonds. The van der Waals surface area contributed by atoms with Crippen LogP contribution in [0.3, 0.4) is 0 Å². The normalized spacial score (nSPS) is 10.0. The molecular formula is C12H8Cl2N4O3. The number of hydrogen-bond donors (Lipinski definition) is 2. The Morgan fingerprint density at radius 1 is 1.19 bits per heavy atom. The van der Waals surface area contributed by atoms with Gasteiger partial charge in [-0.2, -0.15) is 0 Å². The van der Waals surface area contributed by atoms with E-state index in [1.807, 2.05) is 0 Å². The lowest BCUT2D eigenvalue weighted by Crippen LogP contribution is -2.20. The summed E-state index contributed by atoms with van der Waals surface area (Å²) in [6.07, 6.45) is 1.34. The molecule has 0 aliphatic rings. The molecule has 0 saturated carbocycles. The van der Waals surface area contributed by atoms with Crippen LogP contribution in [0.4, 0.5) is 22.0 Å². The summed E-state index contributed by atoms with van der Waals surface area (Å²) in [5.41, 5.74) is 0.326. The second-order valence-corrected chi connectivity index (χ2v) is 4.71. The van der Waals surface area contributed by atoms with Crippen molar-refractivity contribution in [2.45, 2.75) is 0 Å². The third kappa shape index (κ3) is 4.04. The average Bonchev–Trinajstić information content (AvgIpc) is 2.42. The highest BCUT2D eigenvalue weighted by Gasteiger charge is 2.09. The van der Waals surface area contributed by atoms with Crippen LogP contribution in [0.25, 0.3) is 0 Å². The molecule has 1 aromatic carbocycles. The standard InChI is InChI=1S/C12H8Cl2N4O3/c13-7-5-10(14)11(15-6-7)17-12(19)16-8-1-3-9(4-2-8)18(20)21/h1-6H,(H2,15,16,17,19). The second kappa shape index (κ2) is 6.38. The SMILES string of the molecule is O=C(Nc1ccc([N+](=O)[O-])cc1)Nc1ncc(Cl)cc1Cl. The van der Waals surface area contributed by atoms with E-state index in [4.69, 9.17) is 23.2 Å². The van der Waals surface area contributed by atoms with Crippen molar-refractivity contribution in [1.82, 2.24) is 4.98 Å². The molecule has 1 aromatic heterocycles. The first kappa shape index (κ1) is 15.0. The zero-order valence-corrected chi connectivity index (χ0v) is 11.9. The van der Waals surface area contributed by atoms with E-state index in [1.54, 1.807) is 0 Å². The minimum atomic E-state index is -0.583. The van der Waals surface area contributed by atoms with Gasteiger partial charge in [-0.05, 0) is 18.2 Å². The Morgan fingerprint density at radius 2 is 1.86 bits per heavy atom. The van der Waals surface area contributed by atoms with Gasteiger partial charge < -0.3 is 5.32 Å². The van der Waals surface area contributed by atoms with Gasteiger partial charge in [0, 0.05) is 24.0 Å². The maximum Gasteiger partial charge on any atom is 0.324 e. The van der Waals surface area contributed by atoms with E-state index in [0.29, 0.717) is 10.7 Å². The third-order valence-corrected chi connectivity index (χ3v) is 2.87. The smallest absolute Gasteiger partial charge is 0.308 e. The number of pyridine rings is 1. The van der Waals surface area contributed by atoms with E-state index >= 15 is 0 Å². The number of nitrogens with zero attached hydrogens (tertiary/aromatic N) is 2. The van der Waals surface area contributed by atoms with Gasteiger partial charge in [0.2, 0.25) is 0 Å². The molecule has 21 heavy (non-hydrogen) atoms. The molecule has 0 spiro atoms. The first-order valence-electron chi connectivity index (χ1n) is 5.59. The van der Waals surface area contributed by atoms with Gasteiger partial charge in [-0.1, -0.05) is 23.2 Å². The molecule has 108 valence electrons. The molecule has 7 nitrogen and oxygen atoms in total. The number of carbonyl (C=O) groups is 1. The Balaban J connectivity index is 2.02. The van der Waals surface area contributed by atoms with Gasteiger partial charge in [-0.15, -0.1) is 0 Å². The summed E-state index contributed by atoms with van der Waals surface area (Å²) in [5.74, 6) is 0.153. The minimum Gasteiger partial charge on any atom is -0.308 e. The highest BCUT2D eigenvalue weighted by molar-refractivity contribution is 6.36. The number of nitrogens with one attached hydrogen (secondary N) is 2. The number of anilines is 2.